The highest BCUT2D eigenvalue weighted by Gasteiger charge is 2.61. The number of carbonyl (C=O) groups is 4. The molecule has 2 N–H and O–H groups in total. The van der Waals surface area contributed by atoms with Gasteiger partial charge in [0.15, 0.2) is 5.78 Å². The predicted octanol–water partition coefficient (Wildman–Crippen LogP) is 5.29. The van der Waals surface area contributed by atoms with Crippen molar-refractivity contribution in [1.82, 2.24) is 19.9 Å². The molecule has 2 aliphatic heterocycles. The third-order valence-electron chi connectivity index (χ3n) is 10.8. The summed E-state index contributed by atoms with van der Waals surface area (Å²) in [5, 5.41) is 2.85. The van der Waals surface area contributed by atoms with Crippen molar-refractivity contribution in [1.29, 1.82) is 0 Å². The van der Waals surface area contributed by atoms with Crippen molar-refractivity contribution < 1.29 is 46.5 Å². The maximum Gasteiger partial charge on any atom is 0.408 e. The number of nitrogens with zero attached hydrogens (tertiary/aromatic N) is 2. The summed E-state index contributed by atoms with van der Waals surface area (Å²) in [5.41, 5.74) is -0.665. The fourth-order valence-electron chi connectivity index (χ4n) is 7.72. The monoisotopic (exact) mass is 782 g/mol. The number of fused-ring (bicyclic) bond motifs is 3. The number of allylic oxidation sites excluding steroid dienone is 2. The lowest BCUT2D eigenvalue weighted by atomic mass is 9.91. The van der Waals surface area contributed by atoms with Crippen molar-refractivity contribution in [2.75, 3.05) is 20.3 Å². The van der Waals surface area contributed by atoms with E-state index in [2.05, 4.69) is 10.0 Å². The molecule has 1 aromatic heterocycles. The second-order valence-electron chi connectivity index (χ2n) is 16.2. The van der Waals surface area contributed by atoms with Gasteiger partial charge in [-0.1, -0.05) is 25.0 Å². The molecule has 4 aliphatic rings. The van der Waals surface area contributed by atoms with E-state index in [1.54, 1.807) is 33.9 Å². The molecule has 2 aromatic rings. The van der Waals surface area contributed by atoms with Crippen LogP contribution >= 0.6 is 0 Å². The van der Waals surface area contributed by atoms with Gasteiger partial charge in [-0.3, -0.25) is 19.1 Å². The van der Waals surface area contributed by atoms with Crippen LogP contribution in [-0.2, 0) is 29.1 Å². The van der Waals surface area contributed by atoms with Gasteiger partial charge in [0.1, 0.15) is 29.2 Å². The molecular weight excluding hydrogens is 729 g/mol. The van der Waals surface area contributed by atoms with Crippen LogP contribution in [0.5, 0.6) is 17.4 Å². The third kappa shape index (κ3) is 9.19. The number of Topliss-reactive ketones (excluding diaryl/α,β-unsaturated/α-hetero) is 1. The van der Waals surface area contributed by atoms with Crippen LogP contribution < -0.4 is 24.2 Å². The number of rotatable bonds is 9. The molecule has 55 heavy (non-hydrogen) atoms. The predicted molar refractivity (Wildman–Crippen MR) is 204 cm³/mol. The molecule has 0 bridgehead atoms. The number of ketones is 1. The number of alkyl carbamates (subject to hydrolysis) is 1. The summed E-state index contributed by atoms with van der Waals surface area (Å²) in [4.78, 5) is 62.1. The first-order valence-corrected chi connectivity index (χ1v) is 20.9. The van der Waals surface area contributed by atoms with E-state index >= 15 is 0 Å². The zero-order chi connectivity index (χ0) is 39.7. The van der Waals surface area contributed by atoms with E-state index < -0.39 is 62.4 Å². The zero-order valence-electron chi connectivity index (χ0n) is 32.6. The number of pyridine rings is 1. The zero-order valence-corrected chi connectivity index (χ0v) is 33.5. The second-order valence-corrected chi connectivity index (χ2v) is 18.2. The Labute approximate surface area is 323 Å². The van der Waals surface area contributed by atoms with Gasteiger partial charge >= 0.3 is 6.09 Å². The summed E-state index contributed by atoms with van der Waals surface area (Å²) in [5.74, 6) is -0.417. The average molecular weight is 783 g/mol. The van der Waals surface area contributed by atoms with Crippen LogP contribution in [0.3, 0.4) is 0 Å². The molecule has 0 radical (unpaired) electrons. The average Bonchev–Trinajstić information content (AvgIpc) is 4.03. The Bertz CT molecular complexity index is 1960. The number of ether oxygens (including phenoxy) is 4. The minimum atomic E-state index is -3.86. The van der Waals surface area contributed by atoms with Crippen molar-refractivity contribution in [3.8, 4) is 17.4 Å². The Hall–Kier alpha value is -4.40. The number of aromatic nitrogens is 1. The molecule has 1 saturated heterocycles. The van der Waals surface area contributed by atoms with Gasteiger partial charge in [-0.15, -0.1) is 0 Å². The van der Waals surface area contributed by atoms with Crippen LogP contribution in [0.25, 0.3) is 10.9 Å². The van der Waals surface area contributed by atoms with Gasteiger partial charge in [-0.2, -0.15) is 0 Å². The normalized spacial score (nSPS) is 26.8. The molecule has 3 amide bonds. The fourth-order valence-corrected chi connectivity index (χ4v) is 9.10. The molecule has 2 saturated carbocycles. The molecule has 15 heteroatoms. The summed E-state index contributed by atoms with van der Waals surface area (Å²) < 4.78 is 51.6. The second kappa shape index (κ2) is 16.0. The van der Waals surface area contributed by atoms with Gasteiger partial charge in [0.2, 0.25) is 27.7 Å². The van der Waals surface area contributed by atoms with Crippen molar-refractivity contribution in [3.05, 3.63) is 35.9 Å². The van der Waals surface area contributed by atoms with E-state index in [1.165, 1.54) is 4.90 Å². The number of hydrogen-bond donors (Lipinski definition) is 2. The van der Waals surface area contributed by atoms with Gasteiger partial charge in [-0.05, 0) is 91.2 Å². The Morgan fingerprint density at radius 3 is 2.53 bits per heavy atom. The highest BCUT2D eigenvalue weighted by Crippen LogP contribution is 2.57. The lowest BCUT2D eigenvalue weighted by molar-refractivity contribution is -0.140. The molecule has 6 rings (SSSR count). The van der Waals surface area contributed by atoms with Crippen molar-refractivity contribution in [2.45, 2.75) is 128 Å². The SMILES string of the molecule is CCOc1cc(O[C@@H]2C[C@H]3C(=O)C[C@]4(C(=O)NS(=O)(=O)C5CC5)C[C@H]4/C=C\CCCCC[C@H](NC(=O)OC(C)(C)C)C(=O)N3C2)c2ccc(OC)c(C)c2n1. The third-order valence-corrected chi connectivity index (χ3v) is 12.7. The Morgan fingerprint density at radius 2 is 1.84 bits per heavy atom. The van der Waals surface area contributed by atoms with Gasteiger partial charge in [0, 0.05) is 29.9 Å². The van der Waals surface area contributed by atoms with E-state index in [0.717, 1.165) is 24.8 Å². The van der Waals surface area contributed by atoms with E-state index in [-0.39, 0.29) is 31.1 Å². The van der Waals surface area contributed by atoms with Crippen molar-refractivity contribution in [2.24, 2.45) is 11.3 Å². The first-order valence-electron chi connectivity index (χ1n) is 19.4. The van der Waals surface area contributed by atoms with E-state index in [9.17, 15) is 27.6 Å². The maximum absolute atomic E-state index is 14.6. The maximum atomic E-state index is 14.6. The largest absolute Gasteiger partial charge is 0.496 e. The Kier molecular flexibility index (Phi) is 11.7. The number of carbonyl (C=O) groups excluding carboxylic acids is 4. The molecule has 1 aromatic carbocycles. The van der Waals surface area contributed by atoms with E-state index in [4.69, 9.17) is 23.9 Å². The molecule has 0 spiro atoms. The lowest BCUT2D eigenvalue weighted by Crippen LogP contribution is -2.53. The fraction of sp³-hybridized carbons (Fsp3) is 0.625. The number of benzene rings is 1. The van der Waals surface area contributed by atoms with E-state index in [0.29, 0.717) is 67.0 Å². The summed E-state index contributed by atoms with van der Waals surface area (Å²) in [6.45, 7) is 9.32. The summed E-state index contributed by atoms with van der Waals surface area (Å²) >= 11 is 0. The molecule has 5 atom stereocenters. The number of aryl methyl sites for hydroxylation is 1. The van der Waals surface area contributed by atoms with Gasteiger partial charge < -0.3 is 29.2 Å². The molecule has 3 heterocycles. The van der Waals surface area contributed by atoms with Gasteiger partial charge in [0.25, 0.3) is 0 Å². The minimum absolute atomic E-state index is 0.0171. The van der Waals surface area contributed by atoms with Gasteiger partial charge in [0.05, 0.1) is 42.5 Å². The molecule has 3 fully saturated rings. The number of hydrogen-bond acceptors (Lipinski definition) is 11. The van der Waals surface area contributed by atoms with Crippen LogP contribution in [0, 0.1) is 18.3 Å². The lowest BCUT2D eigenvalue weighted by Gasteiger charge is -2.30. The van der Waals surface area contributed by atoms with Crippen LogP contribution in [0.1, 0.15) is 97.5 Å². The number of sulfonamides is 1. The number of nitrogens with one attached hydrogen (secondary N) is 2. The molecule has 14 nitrogen and oxygen atoms in total. The Morgan fingerprint density at radius 1 is 1.07 bits per heavy atom. The van der Waals surface area contributed by atoms with Crippen LogP contribution in [0.4, 0.5) is 4.79 Å². The highest BCUT2D eigenvalue weighted by molar-refractivity contribution is 7.90. The topological polar surface area (TPSA) is 180 Å². The first kappa shape index (κ1) is 40.3. The molecule has 0 unspecified atom stereocenters. The van der Waals surface area contributed by atoms with Crippen molar-refractivity contribution >= 4 is 44.6 Å². The summed E-state index contributed by atoms with van der Waals surface area (Å²) in [6, 6.07) is 3.34. The first-order chi connectivity index (χ1) is 26.0. The number of methoxy groups -OCH3 is 1. The van der Waals surface area contributed by atoms with Gasteiger partial charge in [-0.25, -0.2) is 18.2 Å². The smallest absolute Gasteiger partial charge is 0.408 e. The molecule has 2 aliphatic carbocycles. The van der Waals surface area contributed by atoms with Crippen LogP contribution in [0.2, 0.25) is 0 Å². The van der Waals surface area contributed by atoms with Crippen LogP contribution in [-0.4, -0.2) is 91.3 Å². The van der Waals surface area contributed by atoms with Crippen LogP contribution in [0.15, 0.2) is 30.4 Å². The Balaban J connectivity index is 1.34. The number of amides is 3. The summed E-state index contributed by atoms with van der Waals surface area (Å²) in [7, 11) is -2.28. The quantitative estimate of drug-likeness (QED) is 0.316. The standard InChI is InChI=1S/C40H54N4O10S/c1-7-52-34-20-33(28-17-18-32(51-6)24(2)35(28)42-34)53-26-19-30-31(45)22-40(37(47)43-55(49,50)27-15-16-27)21-25(40)13-11-9-8-10-12-14-29(36(46)44(30)23-26)41-38(48)54-39(3,4)5/h11,13,17-18,20,25-27,29-30H,7-10,12,14-16,19,21-23H2,1-6H3,(H,41,48)(H,43,47)/b13-11-/t25-,26-,29+,30+,40-/m1/s1. The minimum Gasteiger partial charge on any atom is -0.496 e. The highest BCUT2D eigenvalue weighted by atomic mass is 32.2. The summed E-state index contributed by atoms with van der Waals surface area (Å²) in [6.07, 6.45) is 6.89. The van der Waals surface area contributed by atoms with E-state index in [1.807, 2.05) is 38.1 Å². The molecular formula is C40H54N4O10S. The van der Waals surface area contributed by atoms with Crippen molar-refractivity contribution in [3.63, 3.8) is 0 Å². The molecule has 300 valence electrons.